The number of carbonyl (C=O) groups excluding carboxylic acids is 1. The lowest BCUT2D eigenvalue weighted by molar-refractivity contribution is 0.0693. The Morgan fingerprint density at radius 2 is 1.83 bits per heavy atom. The third-order valence-electron chi connectivity index (χ3n) is 4.10. The Morgan fingerprint density at radius 3 is 2.47 bits per heavy atom. The maximum atomic E-state index is 14.3. The highest BCUT2D eigenvalue weighted by atomic mass is 31.0. The number of hydrogen-bond donors (Lipinski definition) is 1. The summed E-state index contributed by atoms with van der Waals surface area (Å²) in [6, 6.07) is 7.00. The predicted molar refractivity (Wildman–Crippen MR) is 106 cm³/mol. The molecule has 1 N–H and O–H groups in total. The molecular weight excluding hydrogens is 420 g/mol. The van der Waals surface area contributed by atoms with Crippen molar-refractivity contribution in [3.05, 3.63) is 58.3 Å². The number of aromatic nitrogens is 4. The smallest absolute Gasteiger partial charge is 0.386 e. The lowest BCUT2D eigenvalue weighted by Crippen LogP contribution is -2.36. The highest BCUT2D eigenvalue weighted by Crippen LogP contribution is 2.27. The Morgan fingerprint density at radius 1 is 1.13 bits per heavy atom. The highest BCUT2D eigenvalue weighted by Gasteiger charge is 2.26. The number of tetrazole rings is 1. The molecule has 11 nitrogen and oxygen atoms in total. The molecule has 3 aromatic rings. The first-order valence-electron chi connectivity index (χ1n) is 8.24. The maximum Gasteiger partial charge on any atom is 0.386 e. The number of para-hydroxylation sites is 1. The molecule has 3 rings (SSSR count). The van der Waals surface area contributed by atoms with Crippen molar-refractivity contribution in [2.75, 3.05) is 18.9 Å². The molecule has 13 heteroatoms. The van der Waals surface area contributed by atoms with E-state index in [1.807, 2.05) is 0 Å². The summed E-state index contributed by atoms with van der Waals surface area (Å²) < 4.78 is 26.3. The Labute approximate surface area is 170 Å². The van der Waals surface area contributed by atoms with Crippen LogP contribution in [0, 0.1) is 5.82 Å². The molecule has 1 atom stereocenters. The van der Waals surface area contributed by atoms with Crippen LogP contribution < -0.4 is 19.8 Å². The summed E-state index contributed by atoms with van der Waals surface area (Å²) in [5, 5.41) is 16.4. The summed E-state index contributed by atoms with van der Waals surface area (Å²) in [5.41, 5.74) is -1.34. The molecule has 1 amide bonds. The summed E-state index contributed by atoms with van der Waals surface area (Å²) in [6.45, 7) is 0. The number of carboxylic acids is 1. The summed E-state index contributed by atoms with van der Waals surface area (Å²) in [4.78, 5) is 36.8. The first kappa shape index (κ1) is 20.9. The van der Waals surface area contributed by atoms with Gasteiger partial charge in [0.15, 0.2) is 5.82 Å². The molecule has 0 spiro atoms. The van der Waals surface area contributed by atoms with E-state index in [1.165, 1.54) is 44.6 Å². The van der Waals surface area contributed by atoms with Gasteiger partial charge in [0.1, 0.15) is 22.7 Å². The van der Waals surface area contributed by atoms with Gasteiger partial charge in [0.25, 0.3) is 0 Å². The number of hydrogen-bond acceptors (Lipinski definition) is 7. The fourth-order valence-electron chi connectivity index (χ4n) is 2.63. The third-order valence-corrected chi connectivity index (χ3v) is 4.74. The summed E-state index contributed by atoms with van der Waals surface area (Å²) in [5.74, 6) is -1.93. The number of nitrogens with zero attached hydrogens (tertiary/aromatic N) is 5. The van der Waals surface area contributed by atoms with Crippen LogP contribution in [0.4, 0.5) is 14.9 Å². The van der Waals surface area contributed by atoms with Crippen LogP contribution in [-0.2, 0) is 0 Å². The molecule has 0 saturated heterocycles. The van der Waals surface area contributed by atoms with Crippen molar-refractivity contribution in [3.63, 3.8) is 0 Å². The number of halogens is 1. The fourth-order valence-corrected chi connectivity index (χ4v) is 2.96. The maximum absolute atomic E-state index is 14.3. The number of anilines is 1. The van der Waals surface area contributed by atoms with Crippen LogP contribution in [0.3, 0.4) is 0 Å². The largest absolute Gasteiger partial charge is 0.496 e. The monoisotopic (exact) mass is 436 g/mol. The molecule has 1 aromatic heterocycles. The molecule has 0 saturated carbocycles. The zero-order valence-electron chi connectivity index (χ0n) is 15.8. The average molecular weight is 436 g/mol. The van der Waals surface area contributed by atoms with Crippen LogP contribution in [0.25, 0.3) is 5.69 Å². The minimum absolute atomic E-state index is 0.0214. The zero-order chi connectivity index (χ0) is 22.0. The average Bonchev–Trinajstić information content (AvgIpc) is 3.12. The lowest BCUT2D eigenvalue weighted by Gasteiger charge is -2.13. The van der Waals surface area contributed by atoms with E-state index in [2.05, 4.69) is 10.4 Å². The molecule has 0 aliphatic rings. The fraction of sp³-hybridized carbons (Fsp3) is 0.118. The SMILES string of the molecule is COc1ccc(N([PH3+])C(=O)n2nnn(-c3c(F)cccc3OC)c2=O)cc1C(=O)O. The highest BCUT2D eigenvalue weighted by molar-refractivity contribution is 7.21. The predicted octanol–water partition coefficient (Wildman–Crippen LogP) is 1.28. The van der Waals surface area contributed by atoms with E-state index in [0.29, 0.717) is 9.36 Å². The molecule has 0 aliphatic carbocycles. The van der Waals surface area contributed by atoms with Crippen molar-refractivity contribution >= 4 is 27.1 Å². The summed E-state index contributed by atoms with van der Waals surface area (Å²) in [7, 11) is 3.67. The van der Waals surface area contributed by atoms with Gasteiger partial charge in [-0.05, 0) is 40.8 Å². The zero-order valence-corrected chi connectivity index (χ0v) is 17.2. The number of methoxy groups -OCH3 is 2. The van der Waals surface area contributed by atoms with Gasteiger partial charge in [0.2, 0.25) is 0 Å². The number of aromatic carboxylic acids is 1. The van der Waals surface area contributed by atoms with E-state index in [0.717, 1.165) is 20.1 Å². The van der Waals surface area contributed by atoms with E-state index in [1.54, 1.807) is 0 Å². The molecule has 0 radical (unpaired) electrons. The molecular formula is C17H16FN5O6P+. The van der Waals surface area contributed by atoms with Gasteiger partial charge in [-0.2, -0.15) is 9.35 Å². The van der Waals surface area contributed by atoms with Crippen molar-refractivity contribution in [1.29, 1.82) is 0 Å². The van der Waals surface area contributed by atoms with Gasteiger partial charge in [-0.15, -0.1) is 4.68 Å². The Hall–Kier alpha value is -3.79. The first-order valence-corrected chi connectivity index (χ1v) is 8.87. The molecule has 0 aliphatic heterocycles. The van der Waals surface area contributed by atoms with E-state index in [4.69, 9.17) is 9.47 Å². The van der Waals surface area contributed by atoms with Gasteiger partial charge in [-0.25, -0.2) is 18.8 Å². The molecule has 1 unspecified atom stereocenters. The summed E-state index contributed by atoms with van der Waals surface area (Å²) in [6.07, 6.45) is 0. The van der Waals surface area contributed by atoms with Gasteiger partial charge in [-0.1, -0.05) is 6.07 Å². The number of amides is 1. The van der Waals surface area contributed by atoms with Gasteiger partial charge in [-0.3, -0.25) is 0 Å². The molecule has 156 valence electrons. The molecule has 30 heavy (non-hydrogen) atoms. The molecule has 2 aromatic carbocycles. The Bertz CT molecular complexity index is 1190. The molecule has 0 bridgehead atoms. The Kier molecular flexibility index (Phi) is 5.79. The van der Waals surface area contributed by atoms with Gasteiger partial charge in [0, 0.05) is 0 Å². The van der Waals surface area contributed by atoms with Gasteiger partial charge in [0.05, 0.1) is 29.3 Å². The Balaban J connectivity index is 2.01. The minimum Gasteiger partial charge on any atom is -0.496 e. The van der Waals surface area contributed by atoms with Crippen LogP contribution >= 0.6 is 9.39 Å². The second kappa shape index (κ2) is 8.29. The van der Waals surface area contributed by atoms with Crippen molar-refractivity contribution < 1.29 is 28.6 Å². The van der Waals surface area contributed by atoms with Crippen LogP contribution in [0.5, 0.6) is 11.5 Å². The van der Waals surface area contributed by atoms with E-state index in [9.17, 15) is 23.9 Å². The van der Waals surface area contributed by atoms with Crippen LogP contribution in [-0.4, -0.2) is 51.1 Å². The van der Waals surface area contributed by atoms with Crippen LogP contribution in [0.15, 0.2) is 41.2 Å². The standard InChI is InChI=1S/C17H15FN5O6P/c1-28-12-7-6-9(8-10(12)15(24)25)23(30)17(27)22-16(26)21(19-20-22)14-11(18)4-3-5-13(14)29-2/h3-8H,30H2,1-2H3,(H,24,25)/p+1. The molecule has 0 fully saturated rings. The van der Waals surface area contributed by atoms with Gasteiger partial charge >= 0.3 is 17.7 Å². The molecule has 1 heterocycles. The van der Waals surface area contributed by atoms with Crippen molar-refractivity contribution in [2.24, 2.45) is 0 Å². The topological polar surface area (TPSA) is 129 Å². The summed E-state index contributed by atoms with van der Waals surface area (Å²) >= 11 is 0. The number of benzene rings is 2. The first-order chi connectivity index (χ1) is 14.3. The van der Waals surface area contributed by atoms with Crippen LogP contribution in [0.1, 0.15) is 10.4 Å². The normalized spacial score (nSPS) is 10.6. The second-order valence-corrected chi connectivity index (χ2v) is 6.41. The minimum atomic E-state index is -1.26. The number of carboxylic acid groups (broad SMARTS) is 1. The lowest BCUT2D eigenvalue weighted by atomic mass is 10.2. The van der Waals surface area contributed by atoms with Crippen molar-refractivity contribution in [1.82, 2.24) is 19.8 Å². The second-order valence-electron chi connectivity index (χ2n) is 5.78. The third kappa shape index (κ3) is 3.60. The van der Waals surface area contributed by atoms with Crippen LogP contribution in [0.2, 0.25) is 0 Å². The number of ether oxygens (including phenoxy) is 2. The number of rotatable bonds is 5. The van der Waals surface area contributed by atoms with E-state index < -0.39 is 23.5 Å². The van der Waals surface area contributed by atoms with E-state index >= 15 is 0 Å². The van der Waals surface area contributed by atoms with E-state index in [-0.39, 0.29) is 28.4 Å². The quantitative estimate of drug-likeness (QED) is 0.468. The van der Waals surface area contributed by atoms with Gasteiger partial charge < -0.3 is 14.6 Å². The van der Waals surface area contributed by atoms with Crippen molar-refractivity contribution in [3.8, 4) is 17.2 Å². The van der Waals surface area contributed by atoms with Crippen molar-refractivity contribution in [2.45, 2.75) is 0 Å². The number of carbonyl (C=O) groups is 2.